The third-order valence-corrected chi connectivity index (χ3v) is 8.47. The van der Waals surface area contributed by atoms with Crippen molar-refractivity contribution in [2.45, 2.75) is 41.8 Å². The van der Waals surface area contributed by atoms with Gasteiger partial charge in [-0.2, -0.15) is 0 Å². The van der Waals surface area contributed by atoms with Gasteiger partial charge in [-0.3, -0.25) is 0 Å². The summed E-state index contributed by atoms with van der Waals surface area (Å²) in [5, 5.41) is 10.1. The lowest BCUT2D eigenvalue weighted by Gasteiger charge is -2.32. The average Bonchev–Trinajstić information content (AvgIpc) is 2.57. The molecule has 0 saturated carbocycles. The van der Waals surface area contributed by atoms with Crippen molar-refractivity contribution < 1.29 is 9.39 Å². The highest BCUT2D eigenvalue weighted by atomic mass is 32.2. The molecule has 0 bridgehead atoms. The summed E-state index contributed by atoms with van der Waals surface area (Å²) >= 11 is 3.74. The zero-order valence-electron chi connectivity index (χ0n) is 16.0. The lowest BCUT2D eigenvalue weighted by Crippen LogP contribution is -2.52. The van der Waals surface area contributed by atoms with E-state index >= 15 is 0 Å². The molecule has 0 aromatic heterocycles. The van der Waals surface area contributed by atoms with E-state index < -0.39 is 0 Å². The van der Waals surface area contributed by atoms with Gasteiger partial charge >= 0.3 is 4.33 Å². The van der Waals surface area contributed by atoms with Crippen LogP contribution in [0, 0.1) is 27.7 Å². The highest BCUT2D eigenvalue weighted by molar-refractivity contribution is 8.17. The van der Waals surface area contributed by atoms with E-state index in [-0.39, 0.29) is 4.33 Å². The van der Waals surface area contributed by atoms with Gasteiger partial charge < -0.3 is 0 Å². The van der Waals surface area contributed by atoms with Crippen LogP contribution in [0.4, 0.5) is 11.4 Å². The fraction of sp³-hybridized carbons (Fsp3) is 0.333. The monoisotopic (exact) mass is 394 g/mol. The number of rotatable bonds is 0. The van der Waals surface area contributed by atoms with Crippen molar-refractivity contribution in [1.29, 1.82) is 0 Å². The highest BCUT2D eigenvalue weighted by Gasteiger charge is 2.66. The molecule has 3 aliphatic rings. The molecule has 0 amide bonds. The third kappa shape index (κ3) is 2.53. The van der Waals surface area contributed by atoms with E-state index in [0.29, 0.717) is 0 Å². The predicted molar refractivity (Wildman–Crippen MR) is 110 cm³/mol. The first kappa shape index (κ1) is 17.2. The quantitative estimate of drug-likeness (QED) is 0.393. The van der Waals surface area contributed by atoms with Gasteiger partial charge in [0.2, 0.25) is 13.1 Å². The standard InChI is InChI=1S/C21H22N4S2/c1-12-6-15(4)19-17(8-12)22-24-10-14(3)11-25-21(24,26-19)27-20-16(5)7-13(2)9-18(20)23-25/h6-9H,3,10-11H2,1-2,4-5H3/q+2. The van der Waals surface area contributed by atoms with E-state index in [1.165, 1.54) is 32.0 Å². The Morgan fingerprint density at radius 2 is 1.26 bits per heavy atom. The van der Waals surface area contributed by atoms with Gasteiger partial charge in [0.05, 0.1) is 15.4 Å². The van der Waals surface area contributed by atoms with E-state index in [1.54, 1.807) is 0 Å². The second-order valence-electron chi connectivity index (χ2n) is 7.68. The zero-order valence-corrected chi connectivity index (χ0v) is 17.7. The van der Waals surface area contributed by atoms with Crippen molar-refractivity contribution in [3.8, 4) is 0 Å². The Hall–Kier alpha value is -1.92. The highest BCUT2D eigenvalue weighted by Crippen LogP contribution is 2.59. The second kappa shape index (κ2) is 5.79. The van der Waals surface area contributed by atoms with Crippen LogP contribution < -0.4 is 0 Å². The summed E-state index contributed by atoms with van der Waals surface area (Å²) in [5.41, 5.74) is 8.32. The van der Waals surface area contributed by atoms with Gasteiger partial charge in [0.15, 0.2) is 0 Å². The molecule has 3 heterocycles. The summed E-state index contributed by atoms with van der Waals surface area (Å²) in [4.78, 5) is 2.51. The Morgan fingerprint density at radius 1 is 0.815 bits per heavy atom. The lowest BCUT2D eigenvalue weighted by atomic mass is 10.1. The Labute approximate surface area is 168 Å². The SMILES string of the molecule is C=C1C[N+]2=Nc3cc(C)cc(C)c3SC23Sc2c(C)cc(C)cc2N=[N+]3C1. The van der Waals surface area contributed by atoms with Gasteiger partial charge in [-0.05, 0) is 71.5 Å². The lowest BCUT2D eigenvalue weighted by molar-refractivity contribution is -0.830. The minimum absolute atomic E-state index is 0.388. The van der Waals surface area contributed by atoms with Crippen LogP contribution in [-0.4, -0.2) is 26.8 Å². The van der Waals surface area contributed by atoms with E-state index in [1.807, 2.05) is 23.5 Å². The smallest absolute Gasteiger partial charge is 0.0870 e. The van der Waals surface area contributed by atoms with Crippen molar-refractivity contribution in [3.05, 3.63) is 58.7 Å². The molecule has 1 fully saturated rings. The largest absolute Gasteiger partial charge is 0.506 e. The molecule has 0 aliphatic carbocycles. The maximum absolute atomic E-state index is 5.06. The topological polar surface area (TPSA) is 30.7 Å². The van der Waals surface area contributed by atoms with Crippen LogP contribution in [0.1, 0.15) is 22.3 Å². The van der Waals surface area contributed by atoms with Crippen LogP contribution in [0.3, 0.4) is 0 Å². The summed E-state index contributed by atoms with van der Waals surface area (Å²) in [6.45, 7) is 14.4. The Bertz CT molecular complexity index is 1010. The fourth-order valence-electron chi connectivity index (χ4n) is 4.04. The van der Waals surface area contributed by atoms with E-state index in [4.69, 9.17) is 10.2 Å². The summed E-state index contributed by atoms with van der Waals surface area (Å²) in [6.07, 6.45) is 0. The molecule has 3 aliphatic heterocycles. The molecule has 2 aromatic carbocycles. The molecule has 4 nitrogen and oxygen atoms in total. The molecule has 6 heteroatoms. The van der Waals surface area contributed by atoms with Crippen molar-refractivity contribution in [2.24, 2.45) is 10.2 Å². The molecule has 0 unspecified atom stereocenters. The Morgan fingerprint density at radius 3 is 1.70 bits per heavy atom. The van der Waals surface area contributed by atoms with Gasteiger partial charge in [-0.15, -0.1) is 0 Å². The van der Waals surface area contributed by atoms with Crippen LogP contribution in [0.15, 0.2) is 56.4 Å². The maximum Gasteiger partial charge on any atom is 0.506 e. The molecule has 1 saturated heterocycles. The molecule has 136 valence electrons. The first-order valence-corrected chi connectivity index (χ1v) is 10.7. The van der Waals surface area contributed by atoms with E-state index in [0.717, 1.165) is 30.0 Å². The fourth-order valence-corrected chi connectivity index (χ4v) is 6.93. The molecule has 0 N–H and O–H groups in total. The average molecular weight is 395 g/mol. The molecule has 27 heavy (non-hydrogen) atoms. The number of azo groups is 4. The minimum atomic E-state index is -0.388. The summed E-state index contributed by atoms with van der Waals surface area (Å²) in [7, 11) is 0. The van der Waals surface area contributed by atoms with Gasteiger partial charge in [0, 0.05) is 33.8 Å². The normalized spacial score (nSPS) is 19.3. The van der Waals surface area contributed by atoms with Gasteiger partial charge in [-0.25, -0.2) is 0 Å². The second-order valence-corrected chi connectivity index (χ2v) is 10.3. The van der Waals surface area contributed by atoms with Crippen LogP contribution in [-0.2, 0) is 0 Å². The van der Waals surface area contributed by atoms with Gasteiger partial charge in [0.1, 0.15) is 11.4 Å². The molecule has 0 radical (unpaired) electrons. The third-order valence-electron chi connectivity index (χ3n) is 5.12. The van der Waals surface area contributed by atoms with E-state index in [9.17, 15) is 0 Å². The molecule has 2 aromatic rings. The number of fused-ring (bicyclic) bond motifs is 2. The Balaban J connectivity index is 1.75. The molecule has 5 rings (SSSR count). The van der Waals surface area contributed by atoms with Crippen molar-refractivity contribution in [1.82, 2.24) is 0 Å². The summed E-state index contributed by atoms with van der Waals surface area (Å²) in [5.74, 6) is 0. The first-order chi connectivity index (χ1) is 12.9. The van der Waals surface area contributed by atoms with Gasteiger partial charge in [-0.1, -0.05) is 18.7 Å². The van der Waals surface area contributed by atoms with Crippen LogP contribution >= 0.6 is 23.5 Å². The number of thioether (sulfide) groups is 2. The van der Waals surface area contributed by atoms with Crippen LogP contribution in [0.25, 0.3) is 0 Å². The van der Waals surface area contributed by atoms with Crippen molar-refractivity contribution in [2.75, 3.05) is 13.1 Å². The maximum atomic E-state index is 5.06. The predicted octanol–water partition coefficient (Wildman–Crippen LogP) is 6.21. The number of aryl methyl sites for hydroxylation is 4. The number of hydrogen-bond donors (Lipinski definition) is 0. The first-order valence-electron chi connectivity index (χ1n) is 9.11. The van der Waals surface area contributed by atoms with Crippen molar-refractivity contribution in [3.63, 3.8) is 0 Å². The zero-order chi connectivity index (χ0) is 18.9. The van der Waals surface area contributed by atoms with Crippen LogP contribution in [0.5, 0.6) is 0 Å². The number of benzene rings is 2. The Kier molecular flexibility index (Phi) is 3.69. The summed E-state index contributed by atoms with van der Waals surface area (Å²) in [6, 6.07) is 8.84. The minimum Gasteiger partial charge on any atom is -0.0870 e. The van der Waals surface area contributed by atoms with E-state index in [2.05, 4.69) is 67.9 Å². The molecule has 1 spiro atoms. The molecular weight excluding hydrogens is 372 g/mol. The van der Waals surface area contributed by atoms with Crippen LogP contribution in [0.2, 0.25) is 0 Å². The molecular formula is C21H22N4S2+2. The molecule has 0 atom stereocenters. The summed E-state index contributed by atoms with van der Waals surface area (Å²) < 4.78 is 3.98. The van der Waals surface area contributed by atoms with Crippen molar-refractivity contribution >= 4 is 34.9 Å². The number of hydrogen-bond acceptors (Lipinski definition) is 4. The van der Waals surface area contributed by atoms with Gasteiger partial charge in [0.25, 0.3) is 0 Å². The number of nitrogens with zero attached hydrogens (tertiary/aromatic N) is 4.